The summed E-state index contributed by atoms with van der Waals surface area (Å²) in [7, 11) is 1.49. The molecule has 1 saturated heterocycles. The molecule has 9 nitrogen and oxygen atoms in total. The molecule has 0 aliphatic carbocycles. The van der Waals surface area contributed by atoms with Crippen molar-refractivity contribution in [3.05, 3.63) is 82.9 Å². The largest absolute Gasteiger partial charge is 0.497 e. The smallest absolute Gasteiger partial charge is 0.417 e. The number of esters is 1. The standard InChI is InChI=1S/C32H31F3N4O5/c1-30(2,3)44-27(40)19-7-11-22(12-8-19)37-26-16-24(43-6)14-10-21(26)18-38-29(42)39(28(41)31(38,4)5)23-13-9-20(17-36)25(15-23)32(33,34)35/h7-16,37H,18H2,1-6H3. The Bertz CT molecular complexity index is 1650. The number of methoxy groups -OCH3 is 1. The summed E-state index contributed by atoms with van der Waals surface area (Å²) in [5.41, 5.74) is -2.16. The zero-order chi connectivity index (χ0) is 32.6. The average molecular weight is 609 g/mol. The van der Waals surface area contributed by atoms with Crippen LogP contribution in [0.2, 0.25) is 0 Å². The molecule has 0 aromatic heterocycles. The van der Waals surface area contributed by atoms with Gasteiger partial charge in [-0.05, 0) is 88.7 Å². The summed E-state index contributed by atoms with van der Waals surface area (Å²) in [5, 5.41) is 12.4. The van der Waals surface area contributed by atoms with Crippen molar-refractivity contribution >= 4 is 35.0 Å². The summed E-state index contributed by atoms with van der Waals surface area (Å²) >= 11 is 0. The number of nitrogens with one attached hydrogen (secondary N) is 1. The van der Waals surface area contributed by atoms with Crippen LogP contribution in [0.5, 0.6) is 5.75 Å². The minimum atomic E-state index is -4.86. The van der Waals surface area contributed by atoms with E-state index in [1.807, 2.05) is 0 Å². The second kappa shape index (κ2) is 11.6. The van der Waals surface area contributed by atoms with Crippen molar-refractivity contribution < 1.29 is 37.0 Å². The van der Waals surface area contributed by atoms with Crippen LogP contribution >= 0.6 is 0 Å². The van der Waals surface area contributed by atoms with Crippen LogP contribution < -0.4 is 15.0 Å². The van der Waals surface area contributed by atoms with Gasteiger partial charge in [0.15, 0.2) is 0 Å². The van der Waals surface area contributed by atoms with E-state index in [0.717, 1.165) is 12.1 Å². The number of rotatable bonds is 7. The highest BCUT2D eigenvalue weighted by Gasteiger charge is 2.52. The number of imide groups is 1. The van der Waals surface area contributed by atoms with Crippen molar-refractivity contribution in [3.8, 4) is 11.8 Å². The number of benzene rings is 3. The highest BCUT2D eigenvalue weighted by molar-refractivity contribution is 6.23. The second-order valence-electron chi connectivity index (χ2n) is 11.6. The van der Waals surface area contributed by atoms with E-state index in [1.54, 1.807) is 63.2 Å². The number of nitriles is 1. The van der Waals surface area contributed by atoms with Crippen LogP contribution in [0.4, 0.5) is 35.0 Å². The second-order valence-corrected chi connectivity index (χ2v) is 11.6. The minimum Gasteiger partial charge on any atom is -0.497 e. The van der Waals surface area contributed by atoms with E-state index in [4.69, 9.17) is 14.7 Å². The number of anilines is 3. The first kappa shape index (κ1) is 31.9. The van der Waals surface area contributed by atoms with E-state index in [-0.39, 0.29) is 12.2 Å². The fourth-order valence-electron chi connectivity index (χ4n) is 4.62. The van der Waals surface area contributed by atoms with Gasteiger partial charge in [-0.2, -0.15) is 18.4 Å². The van der Waals surface area contributed by atoms with Crippen LogP contribution in [-0.2, 0) is 22.3 Å². The molecule has 3 aromatic rings. The predicted octanol–water partition coefficient (Wildman–Crippen LogP) is 7.03. The van der Waals surface area contributed by atoms with E-state index in [1.165, 1.54) is 31.9 Å². The lowest BCUT2D eigenvalue weighted by Gasteiger charge is -2.28. The number of ether oxygens (including phenoxy) is 2. The van der Waals surface area contributed by atoms with Crippen molar-refractivity contribution in [2.45, 2.75) is 58.5 Å². The fraction of sp³-hybridized carbons (Fsp3) is 0.312. The molecule has 3 amide bonds. The molecule has 1 aliphatic heterocycles. The molecule has 1 fully saturated rings. The fourth-order valence-corrected chi connectivity index (χ4v) is 4.62. The summed E-state index contributed by atoms with van der Waals surface area (Å²) in [6.07, 6.45) is -4.86. The first-order valence-electron chi connectivity index (χ1n) is 13.5. The van der Waals surface area contributed by atoms with Gasteiger partial charge in [-0.15, -0.1) is 0 Å². The third kappa shape index (κ3) is 6.46. The van der Waals surface area contributed by atoms with Crippen LogP contribution in [0, 0.1) is 11.3 Å². The predicted molar refractivity (Wildman–Crippen MR) is 157 cm³/mol. The summed E-state index contributed by atoms with van der Waals surface area (Å²) in [6, 6.07) is 15.0. The van der Waals surface area contributed by atoms with E-state index >= 15 is 0 Å². The van der Waals surface area contributed by atoms with Gasteiger partial charge in [-0.25, -0.2) is 14.5 Å². The van der Waals surface area contributed by atoms with Crippen LogP contribution in [0.25, 0.3) is 0 Å². The number of carbonyl (C=O) groups excluding carboxylic acids is 3. The number of alkyl halides is 3. The van der Waals surface area contributed by atoms with Crippen molar-refractivity contribution in [2.75, 3.05) is 17.3 Å². The number of hydrogen-bond donors (Lipinski definition) is 1. The van der Waals surface area contributed by atoms with Gasteiger partial charge >= 0.3 is 18.2 Å². The Balaban J connectivity index is 1.64. The van der Waals surface area contributed by atoms with E-state index < -0.39 is 46.4 Å². The van der Waals surface area contributed by atoms with Crippen molar-refractivity contribution in [2.24, 2.45) is 0 Å². The molecule has 0 atom stereocenters. The number of urea groups is 1. The normalized spacial score (nSPS) is 14.8. The van der Waals surface area contributed by atoms with E-state index in [0.29, 0.717) is 39.2 Å². The van der Waals surface area contributed by atoms with Gasteiger partial charge in [0.1, 0.15) is 16.9 Å². The molecule has 12 heteroatoms. The topological polar surface area (TPSA) is 112 Å². The number of halogens is 3. The monoisotopic (exact) mass is 608 g/mol. The molecule has 1 heterocycles. The van der Waals surface area contributed by atoms with Crippen LogP contribution in [0.3, 0.4) is 0 Å². The molecule has 4 rings (SSSR count). The van der Waals surface area contributed by atoms with Crippen LogP contribution in [-0.4, -0.2) is 41.1 Å². The molecule has 0 saturated carbocycles. The molecular formula is C32H31F3N4O5. The SMILES string of the molecule is COc1ccc(CN2C(=O)N(c3ccc(C#N)c(C(F)(F)F)c3)C(=O)C2(C)C)c(Nc2ccc(C(=O)OC(C)(C)C)cc2)c1. The molecule has 44 heavy (non-hydrogen) atoms. The highest BCUT2D eigenvalue weighted by Crippen LogP contribution is 2.39. The molecule has 0 unspecified atom stereocenters. The third-order valence-electron chi connectivity index (χ3n) is 6.95. The van der Waals surface area contributed by atoms with Crippen LogP contribution in [0.1, 0.15) is 61.7 Å². The molecular weight excluding hydrogens is 577 g/mol. The summed E-state index contributed by atoms with van der Waals surface area (Å²) < 4.78 is 51.7. The first-order valence-corrected chi connectivity index (χ1v) is 13.5. The summed E-state index contributed by atoms with van der Waals surface area (Å²) in [5.74, 6) is -0.690. The van der Waals surface area contributed by atoms with Gasteiger partial charge in [0.2, 0.25) is 0 Å². The van der Waals surface area contributed by atoms with Gasteiger partial charge in [0.25, 0.3) is 5.91 Å². The van der Waals surface area contributed by atoms with Gasteiger partial charge in [-0.1, -0.05) is 6.07 Å². The number of amides is 3. The highest BCUT2D eigenvalue weighted by atomic mass is 19.4. The van der Waals surface area contributed by atoms with Crippen molar-refractivity contribution in [3.63, 3.8) is 0 Å². The maximum Gasteiger partial charge on any atom is 0.417 e. The number of carbonyl (C=O) groups is 3. The lowest BCUT2D eigenvalue weighted by molar-refractivity contribution is -0.137. The Labute approximate surface area is 252 Å². The Morgan fingerprint density at radius 2 is 1.66 bits per heavy atom. The Morgan fingerprint density at radius 1 is 1.00 bits per heavy atom. The maximum atomic E-state index is 13.6. The molecule has 0 bridgehead atoms. The average Bonchev–Trinajstić information content (AvgIpc) is 3.11. The lowest BCUT2D eigenvalue weighted by atomic mass is 10.0. The van der Waals surface area contributed by atoms with Crippen LogP contribution in [0.15, 0.2) is 60.7 Å². The van der Waals surface area contributed by atoms with Crippen molar-refractivity contribution in [1.29, 1.82) is 5.26 Å². The van der Waals surface area contributed by atoms with E-state index in [2.05, 4.69) is 5.32 Å². The molecule has 1 aliphatic rings. The third-order valence-corrected chi connectivity index (χ3v) is 6.95. The maximum absolute atomic E-state index is 13.6. The Hall–Kier alpha value is -5.05. The lowest BCUT2D eigenvalue weighted by Crippen LogP contribution is -2.43. The molecule has 0 spiro atoms. The quantitative estimate of drug-likeness (QED) is 0.226. The van der Waals surface area contributed by atoms with Crippen molar-refractivity contribution in [1.82, 2.24) is 4.90 Å². The van der Waals surface area contributed by atoms with Gasteiger partial charge < -0.3 is 19.7 Å². The number of hydrogen-bond acceptors (Lipinski definition) is 7. The van der Waals surface area contributed by atoms with Gasteiger partial charge in [-0.3, -0.25) is 4.79 Å². The molecule has 1 N–H and O–H groups in total. The zero-order valence-electron chi connectivity index (χ0n) is 25.0. The van der Waals surface area contributed by atoms with E-state index in [9.17, 15) is 27.6 Å². The van der Waals surface area contributed by atoms with Gasteiger partial charge in [0.05, 0.1) is 42.1 Å². The summed E-state index contributed by atoms with van der Waals surface area (Å²) in [4.78, 5) is 41.5. The zero-order valence-corrected chi connectivity index (χ0v) is 25.0. The summed E-state index contributed by atoms with van der Waals surface area (Å²) in [6.45, 7) is 8.25. The first-order chi connectivity index (χ1) is 20.5. The minimum absolute atomic E-state index is 0.0845. The van der Waals surface area contributed by atoms with Gasteiger partial charge in [0, 0.05) is 17.4 Å². The molecule has 0 radical (unpaired) electrons. The number of nitrogens with zero attached hydrogens (tertiary/aromatic N) is 3. The Kier molecular flexibility index (Phi) is 8.37. The molecule has 230 valence electrons. The Morgan fingerprint density at radius 3 is 2.23 bits per heavy atom. The molecule has 3 aromatic carbocycles.